The third-order valence-corrected chi connectivity index (χ3v) is 5.32. The summed E-state index contributed by atoms with van der Waals surface area (Å²) in [5.74, 6) is 1.82. The Kier molecular flexibility index (Phi) is 9.00. The zero-order valence-electron chi connectivity index (χ0n) is 18.6. The van der Waals surface area contributed by atoms with Crippen molar-refractivity contribution in [3.63, 3.8) is 0 Å². The Morgan fingerprint density at radius 2 is 1.83 bits per heavy atom. The van der Waals surface area contributed by atoms with Crippen LogP contribution in [0.25, 0.3) is 0 Å². The Hall–Kier alpha value is -2.08. The molecule has 2 atom stereocenters. The first kappa shape index (κ1) is 22.6. The minimum absolute atomic E-state index is 0.0205. The first-order valence-electron chi connectivity index (χ1n) is 11.0. The van der Waals surface area contributed by atoms with Crippen molar-refractivity contribution < 1.29 is 14.2 Å². The zero-order chi connectivity index (χ0) is 21.2. The summed E-state index contributed by atoms with van der Waals surface area (Å²) < 4.78 is 17.8. The van der Waals surface area contributed by atoms with Crippen LogP contribution in [0.1, 0.15) is 31.4 Å². The molecule has 164 valence electrons. The molecule has 0 spiro atoms. The maximum atomic E-state index is 6.28. The lowest BCUT2D eigenvalue weighted by molar-refractivity contribution is -0.0193. The molecule has 1 fully saturated rings. The molecule has 2 aromatic rings. The van der Waals surface area contributed by atoms with Crippen molar-refractivity contribution in [2.75, 3.05) is 53.5 Å². The van der Waals surface area contributed by atoms with Gasteiger partial charge in [-0.05, 0) is 57.3 Å². The quantitative estimate of drug-likeness (QED) is 0.516. The van der Waals surface area contributed by atoms with Gasteiger partial charge in [0.1, 0.15) is 17.6 Å². The van der Waals surface area contributed by atoms with E-state index in [2.05, 4.69) is 55.1 Å². The second kappa shape index (κ2) is 11.9. The molecule has 5 nitrogen and oxygen atoms in total. The van der Waals surface area contributed by atoms with Crippen molar-refractivity contribution in [2.24, 2.45) is 0 Å². The van der Waals surface area contributed by atoms with Crippen LogP contribution >= 0.6 is 0 Å². The molecular weight excluding hydrogens is 376 g/mol. The van der Waals surface area contributed by atoms with Crippen molar-refractivity contribution in [3.05, 3.63) is 60.2 Å². The van der Waals surface area contributed by atoms with Gasteiger partial charge in [-0.25, -0.2) is 0 Å². The monoisotopic (exact) mass is 412 g/mol. The highest BCUT2D eigenvalue weighted by Crippen LogP contribution is 2.26. The molecule has 1 heterocycles. The van der Waals surface area contributed by atoms with E-state index < -0.39 is 0 Å². The van der Waals surface area contributed by atoms with Gasteiger partial charge in [0.25, 0.3) is 0 Å². The summed E-state index contributed by atoms with van der Waals surface area (Å²) in [4.78, 5) is 4.64. The van der Waals surface area contributed by atoms with Gasteiger partial charge in [0, 0.05) is 32.6 Å². The average Bonchev–Trinajstić information content (AvgIpc) is 2.75. The van der Waals surface area contributed by atoms with Crippen molar-refractivity contribution in [3.8, 4) is 11.5 Å². The van der Waals surface area contributed by atoms with Gasteiger partial charge < -0.3 is 19.1 Å². The predicted octanol–water partition coefficient (Wildman–Crippen LogP) is 4.25. The first-order valence-corrected chi connectivity index (χ1v) is 11.0. The highest BCUT2D eigenvalue weighted by molar-refractivity contribution is 5.30. The third kappa shape index (κ3) is 7.63. The summed E-state index contributed by atoms with van der Waals surface area (Å²) in [6.45, 7) is 7.77. The Balaban J connectivity index is 1.49. The Morgan fingerprint density at radius 1 is 1.07 bits per heavy atom. The summed E-state index contributed by atoms with van der Waals surface area (Å²) in [5.41, 5.74) is 1.18. The van der Waals surface area contributed by atoms with E-state index in [1.54, 1.807) is 0 Å². The molecule has 0 aromatic heterocycles. The zero-order valence-corrected chi connectivity index (χ0v) is 18.6. The molecule has 0 bridgehead atoms. The summed E-state index contributed by atoms with van der Waals surface area (Å²) >= 11 is 0. The standard InChI is InChI=1S/C25H36N2O3/c1-21-20-27(17-19-28-21)15-7-18-29-23-12-10-22(11-13-23)25(14-16-26(2)3)30-24-8-5-4-6-9-24/h4-6,8-13,21,25H,7,14-20H2,1-3H3. The normalized spacial score (nSPS) is 18.3. The van der Waals surface area contributed by atoms with E-state index in [1.165, 1.54) is 5.56 Å². The van der Waals surface area contributed by atoms with Crippen LogP contribution in [0.5, 0.6) is 11.5 Å². The fourth-order valence-corrected chi connectivity index (χ4v) is 3.68. The maximum absolute atomic E-state index is 6.28. The molecule has 2 unspecified atom stereocenters. The molecule has 0 radical (unpaired) electrons. The van der Waals surface area contributed by atoms with Gasteiger partial charge in [-0.2, -0.15) is 0 Å². The van der Waals surface area contributed by atoms with Crippen LogP contribution in [0.15, 0.2) is 54.6 Å². The van der Waals surface area contributed by atoms with E-state index in [0.29, 0.717) is 6.10 Å². The van der Waals surface area contributed by atoms with Crippen LogP contribution in [0, 0.1) is 0 Å². The van der Waals surface area contributed by atoms with Gasteiger partial charge in [-0.1, -0.05) is 30.3 Å². The number of ether oxygens (including phenoxy) is 3. The number of hydrogen-bond acceptors (Lipinski definition) is 5. The number of nitrogens with zero attached hydrogens (tertiary/aromatic N) is 2. The second-order valence-electron chi connectivity index (χ2n) is 8.26. The summed E-state index contributed by atoms with van der Waals surface area (Å²) in [6.07, 6.45) is 2.31. The lowest BCUT2D eigenvalue weighted by atomic mass is 10.1. The highest BCUT2D eigenvalue weighted by atomic mass is 16.5. The van der Waals surface area contributed by atoms with Crippen LogP contribution in [-0.4, -0.2) is 69.4 Å². The second-order valence-corrected chi connectivity index (χ2v) is 8.26. The van der Waals surface area contributed by atoms with E-state index in [0.717, 1.165) is 63.7 Å². The number of rotatable bonds is 11. The SMILES string of the molecule is CC1CN(CCCOc2ccc(C(CCN(C)C)Oc3ccccc3)cc2)CCO1. The van der Waals surface area contributed by atoms with E-state index >= 15 is 0 Å². The number of morpholine rings is 1. The molecule has 0 aliphatic carbocycles. The maximum Gasteiger partial charge on any atom is 0.125 e. The minimum atomic E-state index is 0.0205. The Labute approximate surface area is 181 Å². The van der Waals surface area contributed by atoms with Crippen LogP contribution in [0.3, 0.4) is 0 Å². The predicted molar refractivity (Wildman–Crippen MR) is 121 cm³/mol. The van der Waals surface area contributed by atoms with Crippen LogP contribution in [0.2, 0.25) is 0 Å². The number of hydrogen-bond donors (Lipinski definition) is 0. The van der Waals surface area contributed by atoms with Gasteiger partial charge >= 0.3 is 0 Å². The molecule has 0 amide bonds. The van der Waals surface area contributed by atoms with Crippen LogP contribution in [0.4, 0.5) is 0 Å². The first-order chi connectivity index (χ1) is 14.6. The Bertz CT molecular complexity index is 721. The van der Waals surface area contributed by atoms with Crippen molar-refractivity contribution in [2.45, 2.75) is 32.0 Å². The van der Waals surface area contributed by atoms with E-state index in [1.807, 2.05) is 30.3 Å². The number of benzene rings is 2. The fraction of sp³-hybridized carbons (Fsp3) is 0.520. The van der Waals surface area contributed by atoms with Crippen LogP contribution < -0.4 is 9.47 Å². The molecule has 2 aromatic carbocycles. The van der Waals surface area contributed by atoms with Gasteiger partial charge in [0.2, 0.25) is 0 Å². The topological polar surface area (TPSA) is 34.2 Å². The van der Waals surface area contributed by atoms with Gasteiger partial charge in [0.15, 0.2) is 0 Å². The molecule has 1 aliphatic heterocycles. The molecule has 5 heteroatoms. The minimum Gasteiger partial charge on any atom is -0.494 e. The van der Waals surface area contributed by atoms with E-state index in [4.69, 9.17) is 14.2 Å². The summed E-state index contributed by atoms with van der Waals surface area (Å²) in [6, 6.07) is 18.4. The molecule has 1 saturated heterocycles. The molecule has 0 N–H and O–H groups in total. The summed E-state index contributed by atoms with van der Waals surface area (Å²) in [7, 11) is 4.18. The highest BCUT2D eigenvalue weighted by Gasteiger charge is 2.16. The largest absolute Gasteiger partial charge is 0.494 e. The fourth-order valence-electron chi connectivity index (χ4n) is 3.68. The lowest BCUT2D eigenvalue weighted by Gasteiger charge is -2.30. The molecule has 3 rings (SSSR count). The van der Waals surface area contributed by atoms with E-state index in [-0.39, 0.29) is 6.10 Å². The van der Waals surface area contributed by atoms with Crippen molar-refractivity contribution in [1.29, 1.82) is 0 Å². The molecule has 30 heavy (non-hydrogen) atoms. The van der Waals surface area contributed by atoms with Gasteiger partial charge in [-0.3, -0.25) is 4.90 Å². The average molecular weight is 413 g/mol. The Morgan fingerprint density at radius 3 is 2.53 bits per heavy atom. The van der Waals surface area contributed by atoms with Crippen molar-refractivity contribution >= 4 is 0 Å². The molecule has 0 saturated carbocycles. The van der Waals surface area contributed by atoms with Gasteiger partial charge in [-0.15, -0.1) is 0 Å². The van der Waals surface area contributed by atoms with Crippen LogP contribution in [-0.2, 0) is 4.74 Å². The van der Waals surface area contributed by atoms with E-state index in [9.17, 15) is 0 Å². The van der Waals surface area contributed by atoms with Crippen molar-refractivity contribution in [1.82, 2.24) is 9.80 Å². The third-order valence-electron chi connectivity index (χ3n) is 5.32. The van der Waals surface area contributed by atoms with Gasteiger partial charge in [0.05, 0.1) is 19.3 Å². The molecular formula is C25H36N2O3. The smallest absolute Gasteiger partial charge is 0.125 e. The molecule has 1 aliphatic rings. The lowest BCUT2D eigenvalue weighted by Crippen LogP contribution is -2.41. The summed E-state index contributed by atoms with van der Waals surface area (Å²) in [5, 5.41) is 0. The number of para-hydroxylation sites is 1.